The van der Waals surface area contributed by atoms with E-state index in [2.05, 4.69) is 16.0 Å². The minimum atomic E-state index is -0.888. The lowest BCUT2D eigenvalue weighted by atomic mass is 10.0. The van der Waals surface area contributed by atoms with Crippen LogP contribution in [0.4, 0.5) is 0 Å². The standard InChI is InChI=1S/C20H28N4O4/c1-12(2)10-15(18(21)26)23-20(28)16(11-13-6-4-3-5-7-13)24-19(27)14-8-9-17(25)22-14/h3-7,12,14-16H,8-11H2,1-2H3,(H2,21,26)(H,22,25)(H,23,28)(H,24,27)/t14-,15-,16-/m0/s1. The Labute approximate surface area is 164 Å². The van der Waals surface area contributed by atoms with Crippen LogP contribution in [-0.4, -0.2) is 41.8 Å². The summed E-state index contributed by atoms with van der Waals surface area (Å²) in [6.45, 7) is 3.85. The highest BCUT2D eigenvalue weighted by Gasteiger charge is 2.31. The van der Waals surface area contributed by atoms with Crippen LogP contribution in [0.3, 0.4) is 0 Å². The molecule has 8 heteroatoms. The molecule has 5 N–H and O–H groups in total. The normalized spacial score (nSPS) is 18.2. The maximum absolute atomic E-state index is 12.8. The Bertz CT molecular complexity index is 720. The molecule has 1 aromatic carbocycles. The first-order chi connectivity index (χ1) is 13.3. The van der Waals surface area contributed by atoms with Crippen molar-refractivity contribution >= 4 is 23.6 Å². The molecule has 0 saturated carbocycles. The van der Waals surface area contributed by atoms with Crippen LogP contribution in [0.5, 0.6) is 0 Å². The zero-order valence-corrected chi connectivity index (χ0v) is 16.2. The van der Waals surface area contributed by atoms with Gasteiger partial charge in [0.1, 0.15) is 18.1 Å². The number of rotatable bonds is 9. The summed E-state index contributed by atoms with van der Waals surface area (Å²) < 4.78 is 0. The summed E-state index contributed by atoms with van der Waals surface area (Å²) in [5.41, 5.74) is 6.27. The molecule has 3 atom stereocenters. The van der Waals surface area contributed by atoms with E-state index in [0.29, 0.717) is 12.8 Å². The molecule has 2 rings (SSSR count). The molecule has 1 aromatic rings. The van der Waals surface area contributed by atoms with Crippen molar-refractivity contribution in [3.05, 3.63) is 35.9 Å². The van der Waals surface area contributed by atoms with E-state index in [1.54, 1.807) is 0 Å². The van der Waals surface area contributed by atoms with Crippen LogP contribution >= 0.6 is 0 Å². The van der Waals surface area contributed by atoms with E-state index in [0.717, 1.165) is 5.56 Å². The molecular weight excluding hydrogens is 360 g/mol. The van der Waals surface area contributed by atoms with Crippen LogP contribution in [-0.2, 0) is 25.6 Å². The highest BCUT2D eigenvalue weighted by molar-refractivity contribution is 5.95. The fourth-order valence-corrected chi connectivity index (χ4v) is 3.13. The molecule has 0 spiro atoms. The van der Waals surface area contributed by atoms with E-state index in [4.69, 9.17) is 5.73 Å². The zero-order chi connectivity index (χ0) is 20.7. The van der Waals surface area contributed by atoms with Gasteiger partial charge in [-0.25, -0.2) is 0 Å². The fourth-order valence-electron chi connectivity index (χ4n) is 3.13. The van der Waals surface area contributed by atoms with Crippen LogP contribution in [0.15, 0.2) is 30.3 Å². The second kappa shape index (κ2) is 9.87. The van der Waals surface area contributed by atoms with E-state index in [1.807, 2.05) is 44.2 Å². The van der Waals surface area contributed by atoms with Gasteiger partial charge in [-0.2, -0.15) is 0 Å². The van der Waals surface area contributed by atoms with Crippen molar-refractivity contribution in [2.45, 2.75) is 57.7 Å². The van der Waals surface area contributed by atoms with E-state index in [-0.39, 0.29) is 24.7 Å². The lowest BCUT2D eigenvalue weighted by Gasteiger charge is -2.24. The number of amides is 4. The van der Waals surface area contributed by atoms with Crippen molar-refractivity contribution in [1.29, 1.82) is 0 Å². The highest BCUT2D eigenvalue weighted by Crippen LogP contribution is 2.10. The molecule has 152 valence electrons. The molecule has 0 radical (unpaired) electrons. The van der Waals surface area contributed by atoms with Gasteiger partial charge in [0.25, 0.3) is 0 Å². The summed E-state index contributed by atoms with van der Waals surface area (Å²) in [5, 5.41) is 7.95. The Morgan fingerprint density at radius 1 is 1.14 bits per heavy atom. The molecule has 0 unspecified atom stereocenters. The van der Waals surface area contributed by atoms with Crippen molar-refractivity contribution in [1.82, 2.24) is 16.0 Å². The first kappa shape index (κ1) is 21.4. The van der Waals surface area contributed by atoms with Crippen LogP contribution < -0.4 is 21.7 Å². The number of benzene rings is 1. The third-order valence-electron chi connectivity index (χ3n) is 4.59. The maximum atomic E-state index is 12.8. The van der Waals surface area contributed by atoms with Crippen LogP contribution in [0.1, 0.15) is 38.7 Å². The molecule has 0 bridgehead atoms. The Morgan fingerprint density at radius 3 is 2.36 bits per heavy atom. The molecule has 1 heterocycles. The number of primary amides is 1. The fraction of sp³-hybridized carbons (Fsp3) is 0.500. The van der Waals surface area contributed by atoms with Gasteiger partial charge < -0.3 is 21.7 Å². The van der Waals surface area contributed by atoms with E-state index >= 15 is 0 Å². The lowest BCUT2D eigenvalue weighted by molar-refractivity contribution is -0.132. The molecule has 1 aliphatic heterocycles. The van der Waals surface area contributed by atoms with Crippen LogP contribution in [0.2, 0.25) is 0 Å². The van der Waals surface area contributed by atoms with Crippen molar-refractivity contribution in [2.75, 3.05) is 0 Å². The molecule has 4 amide bonds. The van der Waals surface area contributed by atoms with Gasteiger partial charge >= 0.3 is 0 Å². The molecule has 1 fully saturated rings. The predicted octanol–water partition coefficient (Wildman–Crippen LogP) is 0.00870. The molecule has 0 aliphatic carbocycles. The van der Waals surface area contributed by atoms with Crippen molar-refractivity contribution in [3.63, 3.8) is 0 Å². The van der Waals surface area contributed by atoms with Crippen molar-refractivity contribution in [3.8, 4) is 0 Å². The number of hydrogen-bond donors (Lipinski definition) is 4. The van der Waals surface area contributed by atoms with Crippen molar-refractivity contribution < 1.29 is 19.2 Å². The van der Waals surface area contributed by atoms with Gasteiger partial charge in [-0.3, -0.25) is 19.2 Å². The average molecular weight is 388 g/mol. The van der Waals surface area contributed by atoms with Gasteiger partial charge in [-0.15, -0.1) is 0 Å². The maximum Gasteiger partial charge on any atom is 0.243 e. The first-order valence-electron chi connectivity index (χ1n) is 9.49. The number of carbonyl (C=O) groups is 4. The highest BCUT2D eigenvalue weighted by atomic mass is 16.2. The molecule has 0 aromatic heterocycles. The Kier molecular flexibility index (Phi) is 7.54. The summed E-state index contributed by atoms with van der Waals surface area (Å²) in [5.74, 6) is -1.54. The third-order valence-corrected chi connectivity index (χ3v) is 4.59. The Morgan fingerprint density at radius 2 is 1.82 bits per heavy atom. The SMILES string of the molecule is CC(C)C[C@H](NC(=O)[C@H](Cc1ccccc1)NC(=O)[C@@H]1CCC(=O)N1)C(N)=O. The largest absolute Gasteiger partial charge is 0.368 e. The van der Waals surface area contributed by atoms with E-state index in [9.17, 15) is 19.2 Å². The van der Waals surface area contributed by atoms with Gasteiger partial charge in [-0.1, -0.05) is 44.2 Å². The van der Waals surface area contributed by atoms with E-state index in [1.165, 1.54) is 0 Å². The number of hydrogen-bond acceptors (Lipinski definition) is 4. The van der Waals surface area contributed by atoms with Crippen LogP contribution in [0, 0.1) is 5.92 Å². The Balaban J connectivity index is 2.11. The monoisotopic (exact) mass is 388 g/mol. The summed E-state index contributed by atoms with van der Waals surface area (Å²) in [4.78, 5) is 48.4. The summed E-state index contributed by atoms with van der Waals surface area (Å²) in [7, 11) is 0. The van der Waals surface area contributed by atoms with Gasteiger partial charge in [0.2, 0.25) is 23.6 Å². The average Bonchev–Trinajstić information content (AvgIpc) is 3.07. The first-order valence-corrected chi connectivity index (χ1v) is 9.49. The minimum Gasteiger partial charge on any atom is -0.368 e. The second-order valence-corrected chi connectivity index (χ2v) is 7.50. The smallest absolute Gasteiger partial charge is 0.243 e. The third kappa shape index (κ3) is 6.37. The Hall–Kier alpha value is -2.90. The molecular formula is C20H28N4O4. The van der Waals surface area contributed by atoms with Gasteiger partial charge in [-0.05, 0) is 24.3 Å². The lowest BCUT2D eigenvalue weighted by Crippen LogP contribution is -2.56. The molecule has 1 aliphatic rings. The summed E-state index contributed by atoms with van der Waals surface area (Å²) in [6, 6.07) is 6.89. The predicted molar refractivity (Wildman–Crippen MR) is 104 cm³/mol. The number of nitrogens with two attached hydrogens (primary N) is 1. The molecule has 1 saturated heterocycles. The minimum absolute atomic E-state index is 0.161. The van der Waals surface area contributed by atoms with Gasteiger partial charge in [0.15, 0.2) is 0 Å². The van der Waals surface area contributed by atoms with Gasteiger partial charge in [0, 0.05) is 12.8 Å². The molecule has 28 heavy (non-hydrogen) atoms. The quantitative estimate of drug-likeness (QED) is 0.475. The van der Waals surface area contributed by atoms with E-state index < -0.39 is 35.8 Å². The zero-order valence-electron chi connectivity index (χ0n) is 16.2. The summed E-state index contributed by atoms with van der Waals surface area (Å²) in [6.07, 6.45) is 1.34. The number of nitrogens with one attached hydrogen (secondary N) is 3. The number of carbonyl (C=O) groups excluding carboxylic acids is 4. The topological polar surface area (TPSA) is 130 Å². The summed E-state index contributed by atoms with van der Waals surface area (Å²) >= 11 is 0. The van der Waals surface area contributed by atoms with Crippen LogP contribution in [0.25, 0.3) is 0 Å². The second-order valence-electron chi connectivity index (χ2n) is 7.50. The van der Waals surface area contributed by atoms with Gasteiger partial charge in [0.05, 0.1) is 0 Å². The molecule has 8 nitrogen and oxygen atoms in total. The van der Waals surface area contributed by atoms with Crippen molar-refractivity contribution in [2.24, 2.45) is 11.7 Å².